The third-order valence-electron chi connectivity index (χ3n) is 1.67. The van der Waals surface area contributed by atoms with Gasteiger partial charge in [-0.2, -0.15) is 17.7 Å². The predicted molar refractivity (Wildman–Crippen MR) is 60.6 cm³/mol. The molecule has 0 saturated carbocycles. The van der Waals surface area contributed by atoms with Crippen LogP contribution < -0.4 is 0 Å². The van der Waals surface area contributed by atoms with E-state index in [1.807, 2.05) is 6.07 Å². The van der Waals surface area contributed by atoms with E-state index in [2.05, 4.69) is 27.7 Å². The minimum absolute atomic E-state index is 0. The van der Waals surface area contributed by atoms with Crippen molar-refractivity contribution in [2.24, 2.45) is 0 Å². The van der Waals surface area contributed by atoms with Gasteiger partial charge < -0.3 is 6.92 Å². The maximum Gasteiger partial charge on any atom is 2.00 e. The van der Waals surface area contributed by atoms with Gasteiger partial charge in [0.25, 0.3) is 0 Å². The van der Waals surface area contributed by atoms with Gasteiger partial charge in [-0.3, -0.25) is 0 Å². The summed E-state index contributed by atoms with van der Waals surface area (Å²) in [7, 11) is 0. The second-order valence-electron chi connectivity index (χ2n) is 3.16. The molecule has 0 N–H and O–H groups in total. The zero-order chi connectivity index (χ0) is 11.8. The molecule has 0 aromatic heterocycles. The van der Waals surface area contributed by atoms with Crippen LogP contribution in [-0.4, -0.2) is 0 Å². The molecule has 0 bridgehead atoms. The van der Waals surface area contributed by atoms with Gasteiger partial charge in [0.05, 0.1) is 11.9 Å². The molecule has 0 spiro atoms. The molecule has 0 aliphatic carbocycles. The third-order valence-corrected chi connectivity index (χ3v) is 1.67. The molecule has 1 aromatic carbocycles. The Bertz CT molecular complexity index is 332. The van der Waals surface area contributed by atoms with Gasteiger partial charge in [0.1, 0.15) is 0 Å². The van der Waals surface area contributed by atoms with E-state index >= 15 is 0 Å². The van der Waals surface area contributed by atoms with Crippen molar-refractivity contribution >= 4 is 0 Å². The number of rotatable bonds is 1. The number of halogens is 1. The molecule has 1 aromatic rings. The molecule has 0 saturated heterocycles. The van der Waals surface area contributed by atoms with Crippen LogP contribution in [0.5, 0.6) is 0 Å². The second-order valence-corrected chi connectivity index (χ2v) is 3.16. The van der Waals surface area contributed by atoms with E-state index in [0.29, 0.717) is 23.1 Å². The zero-order valence-corrected chi connectivity index (χ0v) is 14.0. The number of nitrogens with zero attached hydrogens (tertiary/aromatic N) is 1. The van der Waals surface area contributed by atoms with Gasteiger partial charge in [-0.25, -0.2) is 10.8 Å². The first kappa shape index (κ1) is 17.9. The Balaban J connectivity index is 0. The average Bonchev–Trinajstić information content (AvgIpc) is 2.18. The van der Waals surface area contributed by atoms with Gasteiger partial charge in [-0.05, 0) is 11.6 Å². The summed E-state index contributed by atoms with van der Waals surface area (Å²) in [5, 5.41) is 8.49. The number of hydrogen-bond donors (Lipinski definition) is 0. The molecule has 0 amide bonds. The quantitative estimate of drug-likeness (QED) is 0.608. The molecular weight excluding hydrogens is 427 g/mol. The Kier molecular flexibility index (Phi) is 10.9. The Morgan fingerprint density at radius 1 is 1.38 bits per heavy atom. The summed E-state index contributed by atoms with van der Waals surface area (Å²) < 4.78 is 13.1. The third kappa shape index (κ3) is 5.59. The molecule has 0 fully saturated rings. The fourth-order valence-corrected chi connectivity index (χ4v) is 1.04. The fourth-order valence-electron chi connectivity index (χ4n) is 1.04. The van der Waals surface area contributed by atoms with E-state index in [1.165, 1.54) is 12.5 Å². The molecule has 16 heavy (non-hydrogen) atoms. The maximum absolute atomic E-state index is 13.1. The van der Waals surface area contributed by atoms with E-state index in [9.17, 15) is 4.39 Å². The molecule has 0 aliphatic heterocycles. The fraction of sp³-hybridized carbons (Fsp3) is 0.308. The predicted octanol–water partition coefficient (Wildman–Crippen LogP) is 3.67. The first-order chi connectivity index (χ1) is 7.10. The molecule has 1 nitrogen and oxygen atoms in total. The van der Waals surface area contributed by atoms with Crippen LogP contribution >= 0.6 is 0 Å². The number of nitriles is 1. The SMILES string of the molecule is CCC.[CH2-]Cc1c([CH2-])cc(C#N)cc1F.[U+2]. The summed E-state index contributed by atoms with van der Waals surface area (Å²) in [5.74, 6) is -0.394. The Labute approximate surface area is 121 Å². The summed E-state index contributed by atoms with van der Waals surface area (Å²) in [4.78, 5) is 0. The Morgan fingerprint density at radius 3 is 2.19 bits per heavy atom. The van der Waals surface area contributed by atoms with E-state index in [-0.39, 0.29) is 31.1 Å². The van der Waals surface area contributed by atoms with E-state index in [0.717, 1.165) is 0 Å². The van der Waals surface area contributed by atoms with Crippen LogP contribution in [0.15, 0.2) is 12.1 Å². The minimum atomic E-state index is -0.394. The maximum atomic E-state index is 13.1. The summed E-state index contributed by atoms with van der Waals surface area (Å²) in [6, 6.07) is 4.62. The van der Waals surface area contributed by atoms with Crippen LogP contribution in [-0.2, 0) is 6.42 Å². The smallest absolute Gasteiger partial charge is 0.350 e. The molecule has 0 unspecified atom stereocenters. The minimum Gasteiger partial charge on any atom is -0.350 e. The molecule has 84 valence electrons. The van der Waals surface area contributed by atoms with Gasteiger partial charge in [0.2, 0.25) is 0 Å². The topological polar surface area (TPSA) is 23.8 Å². The summed E-state index contributed by atoms with van der Waals surface area (Å²) >= 11 is 0. The van der Waals surface area contributed by atoms with Crippen molar-refractivity contribution in [3.63, 3.8) is 0 Å². The van der Waals surface area contributed by atoms with Crippen molar-refractivity contribution in [2.75, 3.05) is 0 Å². The zero-order valence-electron chi connectivity index (χ0n) is 9.81. The van der Waals surface area contributed by atoms with Crippen molar-refractivity contribution < 1.29 is 35.5 Å². The molecule has 0 heterocycles. The second kappa shape index (κ2) is 9.76. The molecule has 0 radical (unpaired) electrons. The summed E-state index contributed by atoms with van der Waals surface area (Å²) in [6.07, 6.45) is 1.61. The Morgan fingerprint density at radius 2 is 1.88 bits per heavy atom. The van der Waals surface area contributed by atoms with Crippen LogP contribution in [0.4, 0.5) is 4.39 Å². The normalized spacial score (nSPS) is 8.19. The van der Waals surface area contributed by atoms with Gasteiger partial charge in [0.15, 0.2) is 0 Å². The number of benzene rings is 1. The molecule has 0 aliphatic rings. The Hall–Kier alpha value is -0.438. The standard InChI is InChI=1S/C10H8FN.C3H8.U/c1-3-9-7(2)4-8(6-12)5-10(9)11;1-3-2;/h4-5H,1-3H2;3H2,1-2H3;/q-2;;+2. The van der Waals surface area contributed by atoms with E-state index in [1.54, 1.807) is 6.07 Å². The summed E-state index contributed by atoms with van der Waals surface area (Å²) in [5.41, 5.74) is 1.32. The van der Waals surface area contributed by atoms with Crippen LogP contribution in [0.1, 0.15) is 37.0 Å². The van der Waals surface area contributed by atoms with Crippen molar-refractivity contribution in [1.29, 1.82) is 5.26 Å². The molecular formula is C13H16FNU. The van der Waals surface area contributed by atoms with Crippen molar-refractivity contribution in [2.45, 2.75) is 26.7 Å². The van der Waals surface area contributed by atoms with Gasteiger partial charge in [0, 0.05) is 0 Å². The van der Waals surface area contributed by atoms with Crippen molar-refractivity contribution in [1.82, 2.24) is 0 Å². The first-order valence-electron chi connectivity index (χ1n) is 4.94. The molecule has 0 atom stereocenters. The van der Waals surface area contributed by atoms with Crippen LogP contribution in [0.2, 0.25) is 0 Å². The van der Waals surface area contributed by atoms with Gasteiger partial charge >= 0.3 is 31.1 Å². The van der Waals surface area contributed by atoms with E-state index in [4.69, 9.17) is 5.26 Å². The van der Waals surface area contributed by atoms with Gasteiger partial charge in [-0.15, -0.1) is 11.6 Å². The van der Waals surface area contributed by atoms with E-state index < -0.39 is 5.82 Å². The van der Waals surface area contributed by atoms with Gasteiger partial charge in [-0.1, -0.05) is 20.3 Å². The van der Waals surface area contributed by atoms with Crippen molar-refractivity contribution in [3.05, 3.63) is 48.5 Å². The molecule has 1 rings (SSSR count). The van der Waals surface area contributed by atoms with Crippen LogP contribution in [0, 0.1) is 62.1 Å². The monoisotopic (exact) mass is 443 g/mol. The first-order valence-corrected chi connectivity index (χ1v) is 4.94. The largest absolute Gasteiger partial charge is 2.00 e. The van der Waals surface area contributed by atoms with Crippen LogP contribution in [0.3, 0.4) is 0 Å². The van der Waals surface area contributed by atoms with Crippen molar-refractivity contribution in [3.8, 4) is 6.07 Å². The average molecular weight is 443 g/mol. The number of hydrogen-bond acceptors (Lipinski definition) is 1. The summed E-state index contributed by atoms with van der Waals surface area (Å²) in [6.45, 7) is 11.4. The molecule has 3 heteroatoms. The van der Waals surface area contributed by atoms with Crippen LogP contribution in [0.25, 0.3) is 0 Å².